The van der Waals surface area contributed by atoms with Gasteiger partial charge in [0, 0.05) is 25.8 Å². The van der Waals surface area contributed by atoms with E-state index in [1.807, 2.05) is 51.1 Å². The summed E-state index contributed by atoms with van der Waals surface area (Å²) < 4.78 is 12.5. The van der Waals surface area contributed by atoms with Crippen molar-refractivity contribution in [1.29, 1.82) is 0 Å². The number of piperidine rings is 1. The number of H-pyrrole nitrogens is 1. The summed E-state index contributed by atoms with van der Waals surface area (Å²) in [7, 11) is 1.64. The minimum Gasteiger partial charge on any atom is -0.497 e. The second-order valence-electron chi connectivity index (χ2n) is 9.28. The number of nitrogens with zero attached hydrogens (tertiary/aromatic N) is 3. The highest BCUT2D eigenvalue weighted by Crippen LogP contribution is 2.27. The lowest BCUT2D eigenvalue weighted by atomic mass is 10.1. The number of carbonyl (C=O) groups is 1. The first-order valence-electron chi connectivity index (χ1n) is 11.2. The van der Waals surface area contributed by atoms with E-state index >= 15 is 0 Å². The Morgan fingerprint density at radius 2 is 2.00 bits per heavy atom. The van der Waals surface area contributed by atoms with Gasteiger partial charge >= 0.3 is 11.8 Å². The van der Waals surface area contributed by atoms with Crippen LogP contribution < -0.4 is 15.7 Å². The summed E-state index contributed by atoms with van der Waals surface area (Å²) in [6, 6.07) is 9.47. The van der Waals surface area contributed by atoms with Crippen LogP contribution in [0.4, 0.5) is 10.6 Å². The van der Waals surface area contributed by atoms with E-state index in [4.69, 9.17) is 9.47 Å². The van der Waals surface area contributed by atoms with E-state index in [1.165, 1.54) is 0 Å². The molecule has 3 heterocycles. The number of hydrogen-bond acceptors (Lipinski definition) is 6. The highest BCUT2D eigenvalue weighted by Gasteiger charge is 2.30. The van der Waals surface area contributed by atoms with Crippen LogP contribution in [0.15, 0.2) is 41.3 Å². The van der Waals surface area contributed by atoms with Crippen molar-refractivity contribution in [2.24, 2.45) is 0 Å². The molecule has 0 spiro atoms. The number of imidazole rings is 1. The number of likely N-dealkylation sites (tertiary alicyclic amines) is 1. The van der Waals surface area contributed by atoms with Crippen LogP contribution in [-0.2, 0) is 11.3 Å². The Morgan fingerprint density at radius 3 is 2.70 bits per heavy atom. The molecule has 1 fully saturated rings. The zero-order valence-electron chi connectivity index (χ0n) is 19.6. The third kappa shape index (κ3) is 5.13. The van der Waals surface area contributed by atoms with Crippen molar-refractivity contribution in [2.45, 2.75) is 51.8 Å². The second-order valence-corrected chi connectivity index (χ2v) is 9.28. The van der Waals surface area contributed by atoms with Gasteiger partial charge in [-0.3, -0.25) is 4.57 Å². The molecular formula is C24H31N5O4. The number of methoxy groups -OCH3 is 1. The number of hydrogen-bond donors (Lipinski definition) is 2. The first-order valence-corrected chi connectivity index (χ1v) is 11.2. The van der Waals surface area contributed by atoms with E-state index in [9.17, 15) is 9.59 Å². The SMILES string of the molecule is COc1ccc(CNc2nccc3c2[nH]c(=O)n3[C@@H]2CCCN(C(=O)OC(C)(C)C)C2)cc1. The maximum atomic E-state index is 12.9. The standard InChI is InChI=1S/C24H31N5O4/c1-24(2,3)33-23(31)28-13-5-6-17(15-28)29-19-11-12-25-21(20(19)27-22(29)30)26-14-16-7-9-18(32-4)10-8-16/h7-12,17H,5-6,13-15H2,1-4H3,(H,25,26)(H,27,30)/t17-/m1/s1. The van der Waals surface area contributed by atoms with E-state index < -0.39 is 5.60 Å². The van der Waals surface area contributed by atoms with Crippen molar-refractivity contribution < 1.29 is 14.3 Å². The molecule has 1 aliphatic rings. The van der Waals surface area contributed by atoms with E-state index in [0.29, 0.717) is 31.0 Å². The van der Waals surface area contributed by atoms with Gasteiger partial charge in [0.15, 0.2) is 5.82 Å². The van der Waals surface area contributed by atoms with Crippen molar-refractivity contribution in [3.63, 3.8) is 0 Å². The Kier molecular flexibility index (Phi) is 6.31. The molecule has 0 aliphatic carbocycles. The summed E-state index contributed by atoms with van der Waals surface area (Å²) in [5, 5.41) is 3.32. The van der Waals surface area contributed by atoms with Gasteiger partial charge in [-0.05, 0) is 57.4 Å². The van der Waals surface area contributed by atoms with Crippen molar-refractivity contribution in [1.82, 2.24) is 19.4 Å². The average Bonchev–Trinajstić information content (AvgIpc) is 3.13. The van der Waals surface area contributed by atoms with Gasteiger partial charge in [0.05, 0.1) is 18.7 Å². The van der Waals surface area contributed by atoms with Gasteiger partial charge in [0.25, 0.3) is 0 Å². The molecule has 0 saturated carbocycles. The zero-order chi connectivity index (χ0) is 23.6. The second kappa shape index (κ2) is 9.17. The maximum absolute atomic E-state index is 12.9. The monoisotopic (exact) mass is 453 g/mol. The summed E-state index contributed by atoms with van der Waals surface area (Å²) in [6.07, 6.45) is 2.96. The maximum Gasteiger partial charge on any atom is 0.410 e. The highest BCUT2D eigenvalue weighted by molar-refractivity contribution is 5.86. The Labute approximate surface area is 192 Å². The van der Waals surface area contributed by atoms with E-state index in [2.05, 4.69) is 15.3 Å². The molecule has 0 bridgehead atoms. The normalized spacial score (nSPS) is 16.6. The average molecular weight is 454 g/mol. The van der Waals surface area contributed by atoms with Crippen LogP contribution >= 0.6 is 0 Å². The number of fused-ring (bicyclic) bond motifs is 1. The van der Waals surface area contributed by atoms with Gasteiger partial charge in [-0.1, -0.05) is 12.1 Å². The molecule has 2 N–H and O–H groups in total. The number of rotatable bonds is 5. The minimum atomic E-state index is -0.558. The lowest BCUT2D eigenvalue weighted by Crippen LogP contribution is -2.44. The molecule has 3 aromatic rings. The Hall–Kier alpha value is -3.49. The van der Waals surface area contributed by atoms with Gasteiger partial charge in [0.1, 0.15) is 16.9 Å². The number of amides is 1. The van der Waals surface area contributed by atoms with Crippen LogP contribution in [0.2, 0.25) is 0 Å². The molecule has 2 aromatic heterocycles. The van der Waals surface area contributed by atoms with Crippen LogP contribution in [0, 0.1) is 0 Å². The predicted molar refractivity (Wildman–Crippen MR) is 127 cm³/mol. The molecule has 1 amide bonds. The van der Waals surface area contributed by atoms with Crippen molar-refractivity contribution in [2.75, 3.05) is 25.5 Å². The molecule has 1 atom stereocenters. The van der Waals surface area contributed by atoms with Crippen molar-refractivity contribution in [3.8, 4) is 5.75 Å². The lowest BCUT2D eigenvalue weighted by molar-refractivity contribution is 0.0173. The molecule has 0 unspecified atom stereocenters. The largest absolute Gasteiger partial charge is 0.497 e. The van der Waals surface area contributed by atoms with E-state index in [1.54, 1.807) is 22.8 Å². The third-order valence-corrected chi connectivity index (χ3v) is 5.67. The molecule has 176 valence electrons. The number of ether oxygens (including phenoxy) is 2. The van der Waals surface area contributed by atoms with Crippen molar-refractivity contribution >= 4 is 22.9 Å². The molecule has 0 radical (unpaired) electrons. The number of benzene rings is 1. The smallest absolute Gasteiger partial charge is 0.410 e. The van der Waals surface area contributed by atoms with E-state index in [-0.39, 0.29) is 17.8 Å². The fourth-order valence-electron chi connectivity index (χ4n) is 4.14. The summed E-state index contributed by atoms with van der Waals surface area (Å²) in [5.74, 6) is 1.41. The molecule has 4 rings (SSSR count). The first-order chi connectivity index (χ1) is 15.7. The zero-order valence-corrected chi connectivity index (χ0v) is 19.6. The summed E-state index contributed by atoms with van der Waals surface area (Å²) in [6.45, 7) is 7.16. The molecule has 1 aliphatic heterocycles. The van der Waals surface area contributed by atoms with Gasteiger partial charge in [-0.25, -0.2) is 14.6 Å². The third-order valence-electron chi connectivity index (χ3n) is 5.67. The Bertz CT molecular complexity index is 1180. The molecular weight excluding hydrogens is 422 g/mol. The predicted octanol–water partition coefficient (Wildman–Crippen LogP) is 3.92. The first kappa shape index (κ1) is 22.7. The number of nitrogens with one attached hydrogen (secondary N) is 2. The van der Waals surface area contributed by atoms with Crippen LogP contribution in [0.5, 0.6) is 5.75 Å². The fraction of sp³-hybridized carbons (Fsp3) is 0.458. The summed E-state index contributed by atoms with van der Waals surface area (Å²) >= 11 is 0. The molecule has 9 nitrogen and oxygen atoms in total. The van der Waals surface area contributed by atoms with E-state index in [0.717, 1.165) is 29.7 Å². The Balaban J connectivity index is 1.54. The quantitative estimate of drug-likeness (QED) is 0.607. The van der Waals surface area contributed by atoms with Crippen LogP contribution in [0.1, 0.15) is 45.2 Å². The van der Waals surface area contributed by atoms with Crippen LogP contribution in [0.3, 0.4) is 0 Å². The van der Waals surface area contributed by atoms with Gasteiger partial charge in [0.2, 0.25) is 0 Å². The van der Waals surface area contributed by atoms with Gasteiger partial charge in [-0.15, -0.1) is 0 Å². The van der Waals surface area contributed by atoms with Crippen LogP contribution in [-0.4, -0.2) is 51.3 Å². The topological polar surface area (TPSA) is 101 Å². The minimum absolute atomic E-state index is 0.135. The van der Waals surface area contributed by atoms with Gasteiger partial charge < -0.3 is 24.7 Å². The molecule has 1 saturated heterocycles. The highest BCUT2D eigenvalue weighted by atomic mass is 16.6. The number of anilines is 1. The Morgan fingerprint density at radius 1 is 1.24 bits per heavy atom. The number of aromatic nitrogens is 3. The number of aromatic amines is 1. The summed E-state index contributed by atoms with van der Waals surface area (Å²) in [4.78, 5) is 34.6. The fourth-order valence-corrected chi connectivity index (χ4v) is 4.14. The van der Waals surface area contributed by atoms with Gasteiger partial charge in [-0.2, -0.15) is 0 Å². The molecule has 33 heavy (non-hydrogen) atoms. The van der Waals surface area contributed by atoms with Crippen LogP contribution in [0.25, 0.3) is 11.0 Å². The molecule has 1 aromatic carbocycles. The molecule has 9 heteroatoms. The lowest BCUT2D eigenvalue weighted by Gasteiger charge is -2.34. The summed E-state index contributed by atoms with van der Waals surface area (Å²) in [5.41, 5.74) is 1.73. The number of carbonyl (C=O) groups excluding carboxylic acids is 1. The van der Waals surface area contributed by atoms with Crippen molar-refractivity contribution in [3.05, 3.63) is 52.6 Å². The number of pyridine rings is 1.